The number of amides is 1. The van der Waals surface area contributed by atoms with Gasteiger partial charge < -0.3 is 15.4 Å². The number of carbonyl (C=O) groups excluding carboxylic acids is 1. The number of halogens is 1. The lowest BCUT2D eigenvalue weighted by Gasteiger charge is -2.25. The predicted octanol–water partition coefficient (Wildman–Crippen LogP) is 1.09. The summed E-state index contributed by atoms with van der Waals surface area (Å²) < 4.78 is 5.41. The van der Waals surface area contributed by atoms with Gasteiger partial charge in [0, 0.05) is 19.6 Å². The van der Waals surface area contributed by atoms with E-state index in [1.807, 2.05) is 0 Å². The van der Waals surface area contributed by atoms with Crippen molar-refractivity contribution in [3.05, 3.63) is 0 Å². The van der Waals surface area contributed by atoms with E-state index in [4.69, 9.17) is 4.74 Å². The Hall–Kier alpha value is -0.320. The van der Waals surface area contributed by atoms with E-state index >= 15 is 0 Å². The summed E-state index contributed by atoms with van der Waals surface area (Å²) in [7, 11) is 0. The van der Waals surface area contributed by atoms with E-state index in [1.54, 1.807) is 0 Å². The molecule has 0 aromatic heterocycles. The van der Waals surface area contributed by atoms with Crippen LogP contribution in [0.3, 0.4) is 0 Å². The molecule has 1 atom stereocenters. The lowest BCUT2D eigenvalue weighted by molar-refractivity contribution is -0.134. The number of hydrogen-bond acceptors (Lipinski definition) is 3. The summed E-state index contributed by atoms with van der Waals surface area (Å²) >= 11 is 0. The fraction of sp³-hybridized carbons (Fsp3) is 0.917. The number of hydrogen-bond donors (Lipinski definition) is 2. The Balaban J connectivity index is 0.00000144. The van der Waals surface area contributed by atoms with Crippen LogP contribution in [0.15, 0.2) is 0 Å². The van der Waals surface area contributed by atoms with Gasteiger partial charge in [-0.1, -0.05) is 19.3 Å². The highest BCUT2D eigenvalue weighted by Gasteiger charge is 2.22. The maximum absolute atomic E-state index is 11.8. The zero-order valence-corrected chi connectivity index (χ0v) is 11.1. The first-order valence-electron chi connectivity index (χ1n) is 6.46. The maximum Gasteiger partial charge on any atom is 0.250 e. The molecule has 5 heteroatoms. The molecule has 0 aromatic rings. The summed E-state index contributed by atoms with van der Waals surface area (Å²) in [6.45, 7) is 2.98. The molecule has 1 saturated heterocycles. The average Bonchev–Trinajstić information content (AvgIpc) is 2.38. The lowest BCUT2D eigenvalue weighted by Crippen LogP contribution is -2.48. The molecule has 2 rings (SSSR count). The normalized spacial score (nSPS) is 26.0. The van der Waals surface area contributed by atoms with Gasteiger partial charge in [0.1, 0.15) is 6.10 Å². The van der Waals surface area contributed by atoms with Crippen molar-refractivity contribution in [1.82, 2.24) is 10.6 Å². The second-order valence-electron chi connectivity index (χ2n) is 4.81. The number of ether oxygens (including phenoxy) is 1. The molecule has 17 heavy (non-hydrogen) atoms. The van der Waals surface area contributed by atoms with Gasteiger partial charge in [-0.05, 0) is 18.8 Å². The van der Waals surface area contributed by atoms with E-state index in [0.717, 1.165) is 13.1 Å². The second kappa shape index (κ2) is 7.90. The first kappa shape index (κ1) is 14.7. The van der Waals surface area contributed by atoms with Gasteiger partial charge in [-0.2, -0.15) is 0 Å². The van der Waals surface area contributed by atoms with Crippen LogP contribution in [-0.2, 0) is 9.53 Å². The zero-order valence-electron chi connectivity index (χ0n) is 10.2. The zero-order chi connectivity index (χ0) is 11.2. The SMILES string of the molecule is Cl.O=C(NCC1CCCCC1)C1CNCCO1. The largest absolute Gasteiger partial charge is 0.366 e. The Labute approximate surface area is 109 Å². The molecule has 0 bridgehead atoms. The molecule has 100 valence electrons. The van der Waals surface area contributed by atoms with Crippen LogP contribution in [0.1, 0.15) is 32.1 Å². The summed E-state index contributed by atoms with van der Waals surface area (Å²) in [5.74, 6) is 0.743. The highest BCUT2D eigenvalue weighted by molar-refractivity contribution is 5.85. The Morgan fingerprint density at radius 2 is 2.06 bits per heavy atom. The summed E-state index contributed by atoms with van der Waals surface area (Å²) in [4.78, 5) is 11.8. The van der Waals surface area contributed by atoms with Crippen molar-refractivity contribution in [3.63, 3.8) is 0 Å². The van der Waals surface area contributed by atoms with Gasteiger partial charge in [0.05, 0.1) is 6.61 Å². The van der Waals surface area contributed by atoms with Gasteiger partial charge in [-0.3, -0.25) is 4.79 Å². The van der Waals surface area contributed by atoms with E-state index < -0.39 is 0 Å². The lowest BCUT2D eigenvalue weighted by atomic mass is 9.89. The van der Waals surface area contributed by atoms with Crippen LogP contribution in [-0.4, -0.2) is 38.3 Å². The summed E-state index contributed by atoms with van der Waals surface area (Å²) in [5, 5.41) is 6.19. The summed E-state index contributed by atoms with van der Waals surface area (Å²) in [5.41, 5.74) is 0. The van der Waals surface area contributed by atoms with Crippen LogP contribution >= 0.6 is 12.4 Å². The Morgan fingerprint density at radius 1 is 1.29 bits per heavy atom. The molecular formula is C12H23ClN2O2. The fourth-order valence-electron chi connectivity index (χ4n) is 2.48. The number of rotatable bonds is 3. The van der Waals surface area contributed by atoms with Crippen LogP contribution in [0.2, 0.25) is 0 Å². The van der Waals surface area contributed by atoms with E-state index in [-0.39, 0.29) is 24.4 Å². The topological polar surface area (TPSA) is 50.4 Å². The van der Waals surface area contributed by atoms with E-state index in [1.165, 1.54) is 32.1 Å². The monoisotopic (exact) mass is 262 g/mol. The van der Waals surface area contributed by atoms with Crippen molar-refractivity contribution in [2.75, 3.05) is 26.2 Å². The smallest absolute Gasteiger partial charge is 0.250 e. The van der Waals surface area contributed by atoms with E-state index in [9.17, 15) is 4.79 Å². The second-order valence-corrected chi connectivity index (χ2v) is 4.81. The molecule has 0 spiro atoms. The highest BCUT2D eigenvalue weighted by atomic mass is 35.5. The molecule has 1 heterocycles. The van der Waals surface area contributed by atoms with Gasteiger partial charge in [0.15, 0.2) is 0 Å². The first-order valence-corrected chi connectivity index (χ1v) is 6.46. The van der Waals surface area contributed by atoms with Gasteiger partial charge >= 0.3 is 0 Å². The summed E-state index contributed by atoms with van der Waals surface area (Å²) in [6, 6.07) is 0. The third kappa shape index (κ3) is 4.82. The van der Waals surface area contributed by atoms with E-state index in [0.29, 0.717) is 19.1 Å². The minimum atomic E-state index is -0.280. The minimum absolute atomic E-state index is 0. The minimum Gasteiger partial charge on any atom is -0.366 e. The van der Waals surface area contributed by atoms with Crippen molar-refractivity contribution >= 4 is 18.3 Å². The molecule has 0 radical (unpaired) electrons. The molecule has 2 N–H and O–H groups in total. The molecule has 1 unspecified atom stereocenters. The van der Waals surface area contributed by atoms with Crippen LogP contribution in [0.4, 0.5) is 0 Å². The van der Waals surface area contributed by atoms with E-state index in [2.05, 4.69) is 10.6 Å². The van der Waals surface area contributed by atoms with Crippen molar-refractivity contribution in [3.8, 4) is 0 Å². The molecule has 0 aromatic carbocycles. The van der Waals surface area contributed by atoms with Crippen LogP contribution in [0.5, 0.6) is 0 Å². The average molecular weight is 263 g/mol. The number of nitrogens with one attached hydrogen (secondary N) is 2. The molecule has 2 aliphatic rings. The molecule has 4 nitrogen and oxygen atoms in total. The Bertz CT molecular complexity index is 227. The number of morpholine rings is 1. The van der Waals surface area contributed by atoms with Crippen molar-refractivity contribution in [1.29, 1.82) is 0 Å². The quantitative estimate of drug-likeness (QED) is 0.801. The molecule has 1 aliphatic carbocycles. The van der Waals surface area contributed by atoms with Gasteiger partial charge in [0.25, 0.3) is 0 Å². The van der Waals surface area contributed by atoms with Gasteiger partial charge in [-0.15, -0.1) is 12.4 Å². The Morgan fingerprint density at radius 3 is 2.71 bits per heavy atom. The van der Waals surface area contributed by atoms with Crippen molar-refractivity contribution in [2.45, 2.75) is 38.2 Å². The first-order chi connectivity index (χ1) is 7.86. The molecule has 1 amide bonds. The predicted molar refractivity (Wildman–Crippen MR) is 69.4 cm³/mol. The number of carbonyl (C=O) groups is 1. The van der Waals surface area contributed by atoms with Crippen molar-refractivity contribution in [2.24, 2.45) is 5.92 Å². The standard InChI is InChI=1S/C12H22N2O2.ClH/c15-12(11-9-13-6-7-16-11)14-8-10-4-2-1-3-5-10;/h10-11,13H,1-9H2,(H,14,15);1H. The van der Waals surface area contributed by atoms with Gasteiger partial charge in [0.2, 0.25) is 5.91 Å². The highest BCUT2D eigenvalue weighted by Crippen LogP contribution is 2.22. The molecule has 2 fully saturated rings. The fourth-order valence-corrected chi connectivity index (χ4v) is 2.48. The van der Waals surface area contributed by atoms with Crippen LogP contribution < -0.4 is 10.6 Å². The molecule has 1 aliphatic heterocycles. The van der Waals surface area contributed by atoms with Crippen molar-refractivity contribution < 1.29 is 9.53 Å². The maximum atomic E-state index is 11.8. The third-order valence-corrected chi connectivity index (χ3v) is 3.51. The van der Waals surface area contributed by atoms with Crippen LogP contribution in [0, 0.1) is 5.92 Å². The summed E-state index contributed by atoms with van der Waals surface area (Å²) in [6.07, 6.45) is 6.26. The molecular weight excluding hydrogens is 240 g/mol. The third-order valence-electron chi connectivity index (χ3n) is 3.51. The molecule has 1 saturated carbocycles. The van der Waals surface area contributed by atoms with Crippen LogP contribution in [0.25, 0.3) is 0 Å². The van der Waals surface area contributed by atoms with Gasteiger partial charge in [-0.25, -0.2) is 0 Å². The Kier molecular flexibility index (Phi) is 6.85.